The summed E-state index contributed by atoms with van der Waals surface area (Å²) in [6.45, 7) is 1.84. The number of nitrogens with one attached hydrogen (secondary N) is 1. The van der Waals surface area contributed by atoms with Crippen LogP contribution < -0.4 is 5.32 Å². The molecular weight excluding hydrogens is 182 g/mol. The third-order valence-corrected chi connectivity index (χ3v) is 1.49. The fraction of sp³-hybridized carbons (Fsp3) is 0.200. The average Bonchev–Trinajstić information content (AvgIpc) is 2.20. The molecule has 0 atom stereocenters. The van der Waals surface area contributed by atoms with Crippen LogP contribution in [-0.2, 0) is 0 Å². The zero-order chi connectivity index (χ0) is 10.1. The van der Waals surface area contributed by atoms with Crippen LogP contribution in [0.2, 0.25) is 0 Å². The summed E-state index contributed by atoms with van der Waals surface area (Å²) in [7, 11) is 1.81. The lowest BCUT2D eigenvalue weighted by Gasteiger charge is -1.84. The molecule has 1 aromatic rings. The summed E-state index contributed by atoms with van der Waals surface area (Å²) in [5.74, 6) is 0. The Hall–Kier alpha value is -1.22. The number of benzene rings is 1. The van der Waals surface area contributed by atoms with Crippen molar-refractivity contribution in [3.63, 3.8) is 0 Å². The number of thiocarbonyl (C=S) groups is 1. The van der Waals surface area contributed by atoms with Crippen LogP contribution in [0.4, 0.5) is 0 Å². The standard InChI is InChI=1S/C7H6O.C3H7NS/c8-6-7-4-2-1-3-5-7;1-3(5)4-2/h1-6H;1-2H3,(H,4,5). The molecule has 1 N–H and O–H groups in total. The lowest BCUT2D eigenvalue weighted by molar-refractivity contribution is 0.112. The molecule has 0 fully saturated rings. The third kappa shape index (κ3) is 7.15. The Kier molecular flexibility index (Phi) is 6.73. The molecule has 0 aliphatic carbocycles. The predicted molar refractivity (Wildman–Crippen MR) is 59.2 cm³/mol. The van der Waals surface area contributed by atoms with Crippen molar-refractivity contribution in [2.45, 2.75) is 6.92 Å². The van der Waals surface area contributed by atoms with Gasteiger partial charge in [0.05, 0.1) is 4.99 Å². The van der Waals surface area contributed by atoms with Crippen LogP contribution in [0.15, 0.2) is 30.3 Å². The summed E-state index contributed by atoms with van der Waals surface area (Å²) in [6, 6.07) is 9.10. The van der Waals surface area contributed by atoms with Gasteiger partial charge in [0, 0.05) is 12.6 Å². The van der Waals surface area contributed by atoms with E-state index < -0.39 is 0 Å². The summed E-state index contributed by atoms with van der Waals surface area (Å²) >= 11 is 4.59. The molecule has 1 aromatic carbocycles. The normalized spacial score (nSPS) is 7.85. The summed E-state index contributed by atoms with van der Waals surface area (Å²) in [6.07, 6.45) is 0.833. The first kappa shape index (κ1) is 11.8. The Morgan fingerprint density at radius 2 is 1.85 bits per heavy atom. The van der Waals surface area contributed by atoms with Gasteiger partial charge >= 0.3 is 0 Å². The van der Waals surface area contributed by atoms with Crippen molar-refractivity contribution < 1.29 is 4.79 Å². The third-order valence-electron chi connectivity index (χ3n) is 1.29. The Bertz CT molecular complexity index is 259. The van der Waals surface area contributed by atoms with Gasteiger partial charge in [-0.3, -0.25) is 4.79 Å². The van der Waals surface area contributed by atoms with E-state index in [9.17, 15) is 4.79 Å². The smallest absolute Gasteiger partial charge is 0.150 e. The van der Waals surface area contributed by atoms with Gasteiger partial charge in [0.2, 0.25) is 0 Å². The van der Waals surface area contributed by atoms with Gasteiger partial charge in [-0.25, -0.2) is 0 Å². The maximum atomic E-state index is 10.0. The molecule has 0 aromatic heterocycles. The van der Waals surface area contributed by atoms with Gasteiger partial charge in [0.15, 0.2) is 0 Å². The van der Waals surface area contributed by atoms with E-state index in [0.29, 0.717) is 0 Å². The number of aldehydes is 1. The highest BCUT2D eigenvalue weighted by Gasteiger charge is 1.79. The van der Waals surface area contributed by atoms with Crippen molar-refractivity contribution in [3.8, 4) is 0 Å². The van der Waals surface area contributed by atoms with Crippen LogP contribution in [0.25, 0.3) is 0 Å². The molecule has 13 heavy (non-hydrogen) atoms. The summed E-state index contributed by atoms with van der Waals surface area (Å²) in [5, 5.41) is 2.76. The van der Waals surface area contributed by atoms with Gasteiger partial charge in [-0.15, -0.1) is 0 Å². The first-order valence-electron chi connectivity index (χ1n) is 3.89. The Morgan fingerprint density at radius 3 is 2.08 bits per heavy atom. The molecule has 70 valence electrons. The van der Waals surface area contributed by atoms with Crippen LogP contribution in [0.5, 0.6) is 0 Å². The predicted octanol–water partition coefficient (Wildman–Crippen LogP) is 2.05. The number of hydrogen-bond acceptors (Lipinski definition) is 2. The van der Waals surface area contributed by atoms with E-state index in [-0.39, 0.29) is 0 Å². The molecule has 0 amide bonds. The van der Waals surface area contributed by atoms with Crippen molar-refractivity contribution in [2.24, 2.45) is 0 Å². The van der Waals surface area contributed by atoms with Crippen LogP contribution in [0.3, 0.4) is 0 Å². The molecule has 0 saturated heterocycles. The van der Waals surface area contributed by atoms with E-state index in [1.165, 1.54) is 0 Å². The van der Waals surface area contributed by atoms with Crippen molar-refractivity contribution in [1.82, 2.24) is 5.32 Å². The van der Waals surface area contributed by atoms with E-state index in [0.717, 1.165) is 16.8 Å². The highest BCUT2D eigenvalue weighted by atomic mass is 32.1. The molecular formula is C10H13NOS. The molecule has 0 saturated carbocycles. The highest BCUT2D eigenvalue weighted by Crippen LogP contribution is 1.91. The maximum absolute atomic E-state index is 10.0. The lowest BCUT2D eigenvalue weighted by Crippen LogP contribution is -2.09. The number of carbonyl (C=O) groups is 1. The molecule has 3 heteroatoms. The quantitative estimate of drug-likeness (QED) is 0.549. The van der Waals surface area contributed by atoms with Gasteiger partial charge in [-0.05, 0) is 6.92 Å². The molecule has 0 aliphatic heterocycles. The second-order valence-electron chi connectivity index (χ2n) is 2.33. The monoisotopic (exact) mass is 195 g/mol. The molecule has 2 nitrogen and oxygen atoms in total. The number of hydrogen-bond donors (Lipinski definition) is 1. The van der Waals surface area contributed by atoms with Gasteiger partial charge in [-0.2, -0.15) is 0 Å². The van der Waals surface area contributed by atoms with Crippen LogP contribution in [0.1, 0.15) is 17.3 Å². The summed E-state index contributed by atoms with van der Waals surface area (Å²) < 4.78 is 0. The Balaban J connectivity index is 0.000000252. The lowest BCUT2D eigenvalue weighted by atomic mass is 10.2. The van der Waals surface area contributed by atoms with Crippen molar-refractivity contribution in [1.29, 1.82) is 0 Å². The van der Waals surface area contributed by atoms with Crippen molar-refractivity contribution in [3.05, 3.63) is 35.9 Å². The molecule has 0 heterocycles. The minimum Gasteiger partial charge on any atom is -0.383 e. The molecule has 1 rings (SSSR count). The summed E-state index contributed by atoms with van der Waals surface area (Å²) in [4.78, 5) is 10.8. The van der Waals surface area contributed by atoms with Crippen LogP contribution in [0, 0.1) is 0 Å². The SMILES string of the molecule is CNC(C)=S.O=Cc1ccccc1. The van der Waals surface area contributed by atoms with Crippen LogP contribution >= 0.6 is 12.2 Å². The zero-order valence-corrected chi connectivity index (χ0v) is 8.60. The Morgan fingerprint density at radius 1 is 1.38 bits per heavy atom. The first-order valence-corrected chi connectivity index (χ1v) is 4.30. The minimum absolute atomic E-state index is 0.729. The average molecular weight is 195 g/mol. The first-order chi connectivity index (χ1) is 6.20. The number of carbonyl (C=O) groups excluding carboxylic acids is 1. The Labute approximate surface area is 84.0 Å². The molecule has 0 unspecified atom stereocenters. The highest BCUT2D eigenvalue weighted by molar-refractivity contribution is 7.80. The minimum atomic E-state index is 0.729. The fourth-order valence-electron chi connectivity index (χ4n) is 0.532. The van der Waals surface area contributed by atoms with E-state index in [4.69, 9.17) is 0 Å². The van der Waals surface area contributed by atoms with E-state index in [2.05, 4.69) is 17.5 Å². The van der Waals surface area contributed by atoms with Crippen molar-refractivity contribution >= 4 is 23.5 Å². The van der Waals surface area contributed by atoms with E-state index in [1.54, 1.807) is 12.1 Å². The summed E-state index contributed by atoms with van der Waals surface area (Å²) in [5.41, 5.74) is 0.729. The largest absolute Gasteiger partial charge is 0.383 e. The molecule has 0 aliphatic rings. The second-order valence-corrected chi connectivity index (χ2v) is 2.95. The molecule has 0 spiro atoms. The van der Waals surface area contributed by atoms with Crippen LogP contribution in [-0.4, -0.2) is 18.3 Å². The topological polar surface area (TPSA) is 29.1 Å². The van der Waals surface area contributed by atoms with Gasteiger partial charge in [0.25, 0.3) is 0 Å². The number of rotatable bonds is 1. The van der Waals surface area contributed by atoms with Gasteiger partial charge < -0.3 is 5.32 Å². The molecule has 0 bridgehead atoms. The van der Waals surface area contributed by atoms with Gasteiger partial charge in [0.1, 0.15) is 6.29 Å². The molecule has 0 radical (unpaired) electrons. The second kappa shape index (κ2) is 7.43. The van der Waals surface area contributed by atoms with E-state index >= 15 is 0 Å². The van der Waals surface area contributed by atoms with Gasteiger partial charge in [-0.1, -0.05) is 42.5 Å². The van der Waals surface area contributed by atoms with Crippen molar-refractivity contribution in [2.75, 3.05) is 7.05 Å². The fourth-order valence-corrected chi connectivity index (χ4v) is 0.532. The zero-order valence-electron chi connectivity index (χ0n) is 7.78. The van der Waals surface area contributed by atoms with E-state index in [1.807, 2.05) is 32.2 Å². The maximum Gasteiger partial charge on any atom is 0.150 e.